The minimum absolute atomic E-state index is 0.224. The van der Waals surface area contributed by atoms with Gasteiger partial charge in [-0.3, -0.25) is 4.99 Å². The van der Waals surface area contributed by atoms with E-state index in [2.05, 4.69) is 10.1 Å². The molecule has 0 bridgehead atoms. The fourth-order valence-corrected chi connectivity index (χ4v) is 2.24. The van der Waals surface area contributed by atoms with Crippen LogP contribution in [0, 0.1) is 0 Å². The third-order valence-corrected chi connectivity index (χ3v) is 2.91. The van der Waals surface area contributed by atoms with Crippen LogP contribution in [0.1, 0.15) is 20.3 Å². The Morgan fingerprint density at radius 3 is 2.56 bits per heavy atom. The molecule has 1 heterocycles. The average Bonchev–Trinajstić information content (AvgIpc) is 2.44. The third kappa shape index (κ3) is 3.70. The first-order valence-electron chi connectivity index (χ1n) is 4.65. The maximum atomic E-state index is 12.3. The molecule has 0 saturated carbocycles. The van der Waals surface area contributed by atoms with Crippen molar-refractivity contribution >= 4 is 22.5 Å². The van der Waals surface area contributed by atoms with Gasteiger partial charge in [0.05, 0.1) is 0 Å². The Morgan fingerprint density at radius 1 is 1.56 bits per heavy atom. The van der Waals surface area contributed by atoms with Gasteiger partial charge in [-0.15, -0.1) is 11.8 Å². The van der Waals surface area contributed by atoms with E-state index in [-0.39, 0.29) is 5.75 Å². The first-order valence-corrected chi connectivity index (χ1v) is 5.64. The second-order valence-corrected chi connectivity index (χ2v) is 5.02. The first-order chi connectivity index (χ1) is 7.24. The van der Waals surface area contributed by atoms with Gasteiger partial charge in [0.2, 0.25) is 0 Å². The predicted octanol–water partition coefficient (Wildman–Crippen LogP) is 2.87. The summed E-state index contributed by atoms with van der Waals surface area (Å²) in [5.74, 6) is -0.224. The number of hydrogen-bond donors (Lipinski definition) is 0. The van der Waals surface area contributed by atoms with Gasteiger partial charge >= 0.3 is 6.18 Å². The zero-order valence-corrected chi connectivity index (χ0v) is 10.1. The lowest BCUT2D eigenvalue weighted by atomic mass is 10.1. The van der Waals surface area contributed by atoms with E-state index in [9.17, 15) is 13.2 Å². The van der Waals surface area contributed by atoms with Crippen LogP contribution in [0.25, 0.3) is 0 Å². The van der Waals surface area contributed by atoms with Crippen molar-refractivity contribution in [1.29, 1.82) is 0 Å². The maximum absolute atomic E-state index is 12.3. The number of halogens is 3. The SMILES string of the molecule is CN=C(CSC1=NOC(C)(C)C1)C(F)(F)F. The highest BCUT2D eigenvalue weighted by atomic mass is 32.2. The zero-order chi connectivity index (χ0) is 12.4. The van der Waals surface area contributed by atoms with Crippen molar-refractivity contribution < 1.29 is 18.0 Å². The Bertz CT molecular complexity index is 323. The molecule has 1 rings (SSSR count). The van der Waals surface area contributed by atoms with Crippen LogP contribution in [0.5, 0.6) is 0 Å². The second kappa shape index (κ2) is 4.65. The van der Waals surface area contributed by atoms with E-state index in [1.54, 1.807) is 0 Å². The van der Waals surface area contributed by atoms with Crippen LogP contribution in [-0.4, -0.2) is 35.3 Å². The van der Waals surface area contributed by atoms with E-state index in [1.165, 1.54) is 0 Å². The summed E-state index contributed by atoms with van der Waals surface area (Å²) >= 11 is 1.02. The second-order valence-electron chi connectivity index (χ2n) is 3.97. The number of aliphatic imine (C=N–C) groups is 1. The molecule has 0 spiro atoms. The van der Waals surface area contributed by atoms with E-state index in [1.807, 2.05) is 13.8 Å². The Kier molecular flexibility index (Phi) is 3.88. The number of rotatable bonds is 2. The normalized spacial score (nSPS) is 20.6. The summed E-state index contributed by atoms with van der Waals surface area (Å²) in [5, 5.41) is 4.31. The summed E-state index contributed by atoms with van der Waals surface area (Å²) in [5.41, 5.74) is -1.20. The van der Waals surface area contributed by atoms with Crippen molar-refractivity contribution in [3.63, 3.8) is 0 Å². The molecule has 0 amide bonds. The molecule has 0 aromatic carbocycles. The van der Waals surface area contributed by atoms with Gasteiger partial charge in [0, 0.05) is 19.2 Å². The van der Waals surface area contributed by atoms with E-state index in [0.29, 0.717) is 11.5 Å². The highest BCUT2D eigenvalue weighted by Crippen LogP contribution is 2.29. The van der Waals surface area contributed by atoms with E-state index >= 15 is 0 Å². The molecule has 0 radical (unpaired) electrons. The van der Waals surface area contributed by atoms with Crippen LogP contribution in [0.3, 0.4) is 0 Å². The summed E-state index contributed by atoms with van der Waals surface area (Å²) in [6.45, 7) is 3.67. The highest BCUT2D eigenvalue weighted by Gasteiger charge is 2.36. The molecule has 0 atom stereocenters. The summed E-state index contributed by atoms with van der Waals surface area (Å²) < 4.78 is 37.0. The molecule has 0 aromatic rings. The molecule has 0 saturated heterocycles. The number of hydrogen-bond acceptors (Lipinski definition) is 4. The fourth-order valence-electron chi connectivity index (χ4n) is 1.11. The third-order valence-electron chi connectivity index (χ3n) is 1.94. The van der Waals surface area contributed by atoms with Crippen molar-refractivity contribution in [2.24, 2.45) is 10.1 Å². The van der Waals surface area contributed by atoms with E-state index < -0.39 is 17.5 Å². The highest BCUT2D eigenvalue weighted by molar-refractivity contribution is 8.14. The molecular weight excluding hydrogens is 241 g/mol. The molecule has 0 N–H and O–H groups in total. The smallest absolute Gasteiger partial charge is 0.389 e. The molecule has 1 aliphatic rings. The van der Waals surface area contributed by atoms with Crippen LogP contribution in [0.2, 0.25) is 0 Å². The first kappa shape index (κ1) is 13.3. The molecule has 0 aliphatic carbocycles. The standard InChI is InChI=1S/C9H13F3N2OS/c1-8(2)4-7(14-15-8)16-5-6(13-3)9(10,11)12/h4-5H2,1-3H3. The van der Waals surface area contributed by atoms with Crippen molar-refractivity contribution in [3.8, 4) is 0 Å². The predicted molar refractivity (Wildman–Crippen MR) is 59.1 cm³/mol. The van der Waals surface area contributed by atoms with E-state index in [4.69, 9.17) is 4.84 Å². The zero-order valence-electron chi connectivity index (χ0n) is 9.26. The van der Waals surface area contributed by atoms with Gasteiger partial charge < -0.3 is 4.84 Å². The molecule has 16 heavy (non-hydrogen) atoms. The van der Waals surface area contributed by atoms with Crippen molar-refractivity contribution in [3.05, 3.63) is 0 Å². The topological polar surface area (TPSA) is 34.0 Å². The molecular formula is C9H13F3N2OS. The van der Waals surface area contributed by atoms with Crippen molar-refractivity contribution in [2.75, 3.05) is 12.8 Å². The summed E-state index contributed by atoms with van der Waals surface area (Å²) in [4.78, 5) is 8.28. The van der Waals surface area contributed by atoms with Crippen LogP contribution in [-0.2, 0) is 4.84 Å². The Labute approximate surface area is 96.1 Å². The fraction of sp³-hybridized carbons (Fsp3) is 0.778. The summed E-state index contributed by atoms with van der Waals surface area (Å²) in [6, 6.07) is 0. The van der Waals surface area contributed by atoms with Crippen LogP contribution in [0.15, 0.2) is 10.1 Å². The number of thioether (sulfide) groups is 1. The van der Waals surface area contributed by atoms with Crippen LogP contribution in [0.4, 0.5) is 13.2 Å². The maximum Gasteiger partial charge on any atom is 0.429 e. The molecule has 0 fully saturated rings. The van der Waals surface area contributed by atoms with Gasteiger partial charge in [-0.25, -0.2) is 0 Å². The minimum atomic E-state index is -4.36. The lowest BCUT2D eigenvalue weighted by Gasteiger charge is -2.13. The monoisotopic (exact) mass is 254 g/mol. The molecule has 1 aliphatic heterocycles. The molecule has 3 nitrogen and oxygen atoms in total. The summed E-state index contributed by atoms with van der Waals surface area (Å²) in [6.07, 6.45) is -3.83. The quantitative estimate of drug-likeness (QED) is 0.710. The molecule has 92 valence electrons. The Morgan fingerprint density at radius 2 is 2.19 bits per heavy atom. The Hall–Kier alpha value is -0.720. The lowest BCUT2D eigenvalue weighted by Crippen LogP contribution is -2.26. The van der Waals surface area contributed by atoms with Gasteiger partial charge in [-0.2, -0.15) is 13.2 Å². The van der Waals surface area contributed by atoms with Gasteiger partial charge in [-0.05, 0) is 13.8 Å². The molecule has 0 aromatic heterocycles. The lowest BCUT2D eigenvalue weighted by molar-refractivity contribution is -0.0590. The minimum Gasteiger partial charge on any atom is -0.389 e. The van der Waals surface area contributed by atoms with Gasteiger partial charge in [0.1, 0.15) is 16.4 Å². The summed E-state index contributed by atoms with van der Waals surface area (Å²) in [7, 11) is 1.14. The van der Waals surface area contributed by atoms with Crippen molar-refractivity contribution in [1.82, 2.24) is 0 Å². The Balaban J connectivity index is 2.47. The number of oxime groups is 1. The van der Waals surface area contributed by atoms with E-state index in [0.717, 1.165) is 18.8 Å². The molecule has 7 heteroatoms. The molecule has 0 unspecified atom stereocenters. The van der Waals surface area contributed by atoms with Crippen molar-refractivity contribution in [2.45, 2.75) is 32.0 Å². The van der Waals surface area contributed by atoms with Gasteiger partial charge in [-0.1, -0.05) is 5.16 Å². The van der Waals surface area contributed by atoms with Gasteiger partial charge in [0.15, 0.2) is 0 Å². The van der Waals surface area contributed by atoms with Crippen LogP contribution >= 0.6 is 11.8 Å². The largest absolute Gasteiger partial charge is 0.429 e. The van der Waals surface area contributed by atoms with Crippen LogP contribution < -0.4 is 0 Å². The number of nitrogens with zero attached hydrogens (tertiary/aromatic N) is 2. The number of alkyl halides is 3. The average molecular weight is 254 g/mol. The van der Waals surface area contributed by atoms with Gasteiger partial charge in [0.25, 0.3) is 0 Å².